The topological polar surface area (TPSA) is 83.9 Å². The SMILES string of the molecule is C=C1C(NC(=O)CCC/C=C/C(=O)N(C)C)=CC=CN1Cc1cc2cc(F)ccc2n1C(=O)OC(C)(C)C. The first-order chi connectivity index (χ1) is 17.9. The molecule has 1 aromatic heterocycles. The van der Waals surface area contributed by atoms with Crippen LogP contribution in [-0.2, 0) is 20.9 Å². The summed E-state index contributed by atoms with van der Waals surface area (Å²) in [5, 5.41) is 3.46. The number of rotatable bonds is 8. The zero-order valence-electron chi connectivity index (χ0n) is 22.6. The molecule has 0 unspecified atom stereocenters. The standard InChI is InChI=1S/C29H35FN4O4/c1-20-24(31-26(35)12-8-7-9-13-27(36)32(5)6)11-10-16-33(20)19-23-18-21-17-22(30)14-15-25(21)34(23)28(37)38-29(2,3)4/h9-11,13-18H,1,7-8,12,19H2,2-6H3,(H,31,35)/b13-9+. The molecule has 2 aromatic rings. The van der Waals surface area contributed by atoms with Crippen molar-refractivity contribution in [1.82, 2.24) is 19.7 Å². The maximum Gasteiger partial charge on any atom is 0.419 e. The lowest BCUT2D eigenvalue weighted by molar-refractivity contribution is -0.123. The summed E-state index contributed by atoms with van der Waals surface area (Å²) >= 11 is 0. The van der Waals surface area contributed by atoms with Crippen LogP contribution in [0.25, 0.3) is 10.9 Å². The fraction of sp³-hybridized carbons (Fsp3) is 0.345. The van der Waals surface area contributed by atoms with Crippen LogP contribution < -0.4 is 5.32 Å². The Hall–Kier alpha value is -4.14. The van der Waals surface area contributed by atoms with Crippen LogP contribution in [0.5, 0.6) is 0 Å². The van der Waals surface area contributed by atoms with E-state index in [1.165, 1.54) is 27.7 Å². The van der Waals surface area contributed by atoms with Gasteiger partial charge < -0.3 is 19.9 Å². The number of ether oxygens (including phenoxy) is 1. The van der Waals surface area contributed by atoms with Gasteiger partial charge in [0.1, 0.15) is 11.4 Å². The van der Waals surface area contributed by atoms with Gasteiger partial charge in [-0.05, 0) is 76.1 Å². The molecule has 0 saturated heterocycles. The molecule has 0 radical (unpaired) electrons. The second-order valence-corrected chi connectivity index (χ2v) is 10.2. The summed E-state index contributed by atoms with van der Waals surface area (Å²) in [6.07, 6.45) is 9.50. The summed E-state index contributed by atoms with van der Waals surface area (Å²) in [6, 6.07) is 5.97. The third kappa shape index (κ3) is 7.44. The molecule has 0 aliphatic carbocycles. The minimum atomic E-state index is -0.711. The lowest BCUT2D eigenvalue weighted by Crippen LogP contribution is -2.31. The third-order valence-corrected chi connectivity index (χ3v) is 5.68. The number of carbonyl (C=O) groups excluding carboxylic acids is 3. The first-order valence-corrected chi connectivity index (χ1v) is 12.4. The van der Waals surface area contributed by atoms with E-state index in [1.807, 2.05) is 0 Å². The van der Waals surface area contributed by atoms with E-state index < -0.39 is 17.5 Å². The van der Waals surface area contributed by atoms with Crippen LogP contribution >= 0.6 is 0 Å². The molecule has 8 nitrogen and oxygen atoms in total. The summed E-state index contributed by atoms with van der Waals surface area (Å²) in [4.78, 5) is 40.5. The smallest absolute Gasteiger partial charge is 0.419 e. The van der Waals surface area contributed by atoms with E-state index >= 15 is 0 Å². The van der Waals surface area contributed by atoms with Gasteiger partial charge in [0, 0.05) is 37.8 Å². The van der Waals surface area contributed by atoms with Gasteiger partial charge in [-0.1, -0.05) is 12.7 Å². The number of unbranched alkanes of at least 4 members (excludes halogenated alkanes) is 1. The number of nitrogens with one attached hydrogen (secondary N) is 1. The summed E-state index contributed by atoms with van der Waals surface area (Å²) in [5.74, 6) is -0.667. The molecule has 1 aromatic carbocycles. The zero-order valence-corrected chi connectivity index (χ0v) is 22.6. The highest BCUT2D eigenvalue weighted by Gasteiger charge is 2.24. The summed E-state index contributed by atoms with van der Waals surface area (Å²) in [7, 11) is 3.36. The molecular formula is C29H35FN4O4. The zero-order chi connectivity index (χ0) is 28.0. The van der Waals surface area contributed by atoms with Crippen molar-refractivity contribution in [3.05, 3.63) is 84.3 Å². The number of allylic oxidation sites excluding steroid dienone is 3. The van der Waals surface area contributed by atoms with Crippen LogP contribution in [0.4, 0.5) is 9.18 Å². The Morgan fingerprint density at radius 2 is 1.92 bits per heavy atom. The van der Waals surface area contributed by atoms with Crippen LogP contribution in [0.3, 0.4) is 0 Å². The average Bonchev–Trinajstić information content (AvgIpc) is 3.17. The molecule has 2 heterocycles. The number of carbonyl (C=O) groups is 3. The molecule has 1 N–H and O–H groups in total. The van der Waals surface area contributed by atoms with Crippen LogP contribution in [-0.4, -0.2) is 52.0 Å². The van der Waals surface area contributed by atoms with E-state index in [0.717, 1.165) is 0 Å². The second kappa shape index (κ2) is 11.9. The van der Waals surface area contributed by atoms with Gasteiger partial charge in [-0.25, -0.2) is 13.8 Å². The van der Waals surface area contributed by atoms with Crippen molar-refractivity contribution in [2.75, 3.05) is 14.1 Å². The van der Waals surface area contributed by atoms with Gasteiger partial charge in [-0.2, -0.15) is 0 Å². The number of hydrogen-bond donors (Lipinski definition) is 1. The van der Waals surface area contributed by atoms with Gasteiger partial charge in [0.05, 0.1) is 23.5 Å². The van der Waals surface area contributed by atoms with Crippen molar-refractivity contribution < 1.29 is 23.5 Å². The van der Waals surface area contributed by atoms with Crippen LogP contribution in [0.2, 0.25) is 0 Å². The van der Waals surface area contributed by atoms with E-state index in [4.69, 9.17) is 4.74 Å². The number of hydrogen-bond acceptors (Lipinski definition) is 5. The molecule has 0 atom stereocenters. The lowest BCUT2D eigenvalue weighted by Gasteiger charge is -2.28. The summed E-state index contributed by atoms with van der Waals surface area (Å²) in [6.45, 7) is 9.71. The predicted molar refractivity (Wildman–Crippen MR) is 145 cm³/mol. The lowest BCUT2D eigenvalue weighted by atomic mass is 10.2. The first kappa shape index (κ1) is 28.4. The molecule has 1 aliphatic rings. The highest BCUT2D eigenvalue weighted by molar-refractivity contribution is 5.91. The second-order valence-electron chi connectivity index (χ2n) is 10.2. The van der Waals surface area contributed by atoms with Gasteiger partial charge in [0.15, 0.2) is 0 Å². The van der Waals surface area contributed by atoms with Crippen molar-refractivity contribution in [1.29, 1.82) is 0 Å². The molecule has 0 saturated carbocycles. The molecular weight excluding hydrogens is 487 g/mol. The van der Waals surface area contributed by atoms with Crippen LogP contribution in [0.1, 0.15) is 45.7 Å². The van der Waals surface area contributed by atoms with Crippen LogP contribution in [0, 0.1) is 5.82 Å². The number of aromatic nitrogens is 1. The Bertz CT molecular complexity index is 1330. The van der Waals surface area contributed by atoms with Crippen molar-refractivity contribution in [2.24, 2.45) is 0 Å². The van der Waals surface area contributed by atoms with E-state index in [1.54, 1.807) is 76.3 Å². The maximum atomic E-state index is 13.9. The van der Waals surface area contributed by atoms with Crippen molar-refractivity contribution in [2.45, 2.75) is 52.2 Å². The van der Waals surface area contributed by atoms with Crippen molar-refractivity contribution in [3.63, 3.8) is 0 Å². The minimum absolute atomic E-state index is 0.0965. The molecule has 202 valence electrons. The minimum Gasteiger partial charge on any atom is -0.443 e. The van der Waals surface area contributed by atoms with Crippen molar-refractivity contribution >= 4 is 28.8 Å². The van der Waals surface area contributed by atoms with Crippen LogP contribution in [0.15, 0.2) is 72.7 Å². The number of fused-ring (bicyclic) bond motifs is 1. The number of benzene rings is 1. The molecule has 9 heteroatoms. The maximum absolute atomic E-state index is 13.9. The van der Waals surface area contributed by atoms with E-state index in [2.05, 4.69) is 11.9 Å². The number of nitrogens with zero attached hydrogens (tertiary/aromatic N) is 3. The van der Waals surface area contributed by atoms with Gasteiger partial charge in [0.2, 0.25) is 11.8 Å². The molecule has 2 amide bonds. The quantitative estimate of drug-likeness (QED) is 0.380. The Balaban J connectivity index is 1.69. The fourth-order valence-corrected chi connectivity index (χ4v) is 3.83. The first-order valence-electron chi connectivity index (χ1n) is 12.4. The normalized spacial score (nSPS) is 13.7. The van der Waals surface area contributed by atoms with E-state index in [-0.39, 0.29) is 24.8 Å². The Morgan fingerprint density at radius 3 is 2.61 bits per heavy atom. The summed E-state index contributed by atoms with van der Waals surface area (Å²) in [5.41, 5.74) is 1.49. The number of amides is 2. The third-order valence-electron chi connectivity index (χ3n) is 5.68. The Kier molecular flexibility index (Phi) is 8.93. The Labute approximate surface area is 222 Å². The highest BCUT2D eigenvalue weighted by Crippen LogP contribution is 2.27. The largest absolute Gasteiger partial charge is 0.443 e. The predicted octanol–water partition coefficient (Wildman–Crippen LogP) is 5.22. The van der Waals surface area contributed by atoms with Crippen molar-refractivity contribution in [3.8, 4) is 0 Å². The van der Waals surface area contributed by atoms with Gasteiger partial charge in [0.25, 0.3) is 0 Å². The summed E-state index contributed by atoms with van der Waals surface area (Å²) < 4.78 is 21.0. The molecule has 0 bridgehead atoms. The van der Waals surface area contributed by atoms with E-state index in [0.29, 0.717) is 40.8 Å². The van der Waals surface area contributed by atoms with Gasteiger partial charge in [-0.3, -0.25) is 9.59 Å². The number of likely N-dealkylation sites (N-methyl/N-ethyl adjacent to an activating group) is 1. The molecule has 0 spiro atoms. The molecule has 0 fully saturated rings. The van der Waals surface area contributed by atoms with Gasteiger partial charge in [-0.15, -0.1) is 0 Å². The molecule has 38 heavy (non-hydrogen) atoms. The van der Waals surface area contributed by atoms with E-state index in [9.17, 15) is 18.8 Å². The monoisotopic (exact) mass is 522 g/mol. The molecule has 1 aliphatic heterocycles. The fourth-order valence-electron chi connectivity index (χ4n) is 3.83. The average molecular weight is 523 g/mol. The van der Waals surface area contributed by atoms with Gasteiger partial charge >= 0.3 is 6.09 Å². The Morgan fingerprint density at radius 1 is 1.18 bits per heavy atom. The highest BCUT2D eigenvalue weighted by atomic mass is 19.1. The number of halogens is 1. The molecule has 3 rings (SSSR count).